The highest BCUT2D eigenvalue weighted by molar-refractivity contribution is 5.79. The zero-order valence-corrected chi connectivity index (χ0v) is 12.4. The van der Waals surface area contributed by atoms with Gasteiger partial charge in [0.05, 0.1) is 0 Å². The molecule has 0 aromatic carbocycles. The van der Waals surface area contributed by atoms with E-state index in [4.69, 9.17) is 0 Å². The Hall–Kier alpha value is -1.45. The summed E-state index contributed by atoms with van der Waals surface area (Å²) in [7, 11) is 0. The van der Waals surface area contributed by atoms with Crippen molar-refractivity contribution in [3.63, 3.8) is 0 Å². The van der Waals surface area contributed by atoms with Crippen LogP contribution in [0.15, 0.2) is 29.5 Å². The molecule has 1 heterocycles. The summed E-state index contributed by atoms with van der Waals surface area (Å²) in [6, 6.07) is 4.10. The first-order valence-electron chi connectivity index (χ1n) is 7.49. The van der Waals surface area contributed by atoms with Crippen LogP contribution in [-0.2, 0) is 6.54 Å². The van der Waals surface area contributed by atoms with E-state index in [1.165, 1.54) is 25.7 Å². The number of guanidine groups is 1. The Bertz CT molecular complexity index is 330. The molecule has 1 aromatic rings. The number of hydrogen-bond donors (Lipinski definition) is 2. The van der Waals surface area contributed by atoms with Crippen LogP contribution >= 0.6 is 0 Å². The molecule has 1 aromatic heterocycles. The Morgan fingerprint density at radius 2 is 1.84 bits per heavy atom. The lowest BCUT2D eigenvalue weighted by molar-refractivity contribution is 0.654. The summed E-state index contributed by atoms with van der Waals surface area (Å²) in [5.41, 5.74) is 0. The maximum absolute atomic E-state index is 4.59. The third-order valence-corrected chi connectivity index (χ3v) is 2.95. The molecule has 4 heteroatoms. The second-order valence-electron chi connectivity index (χ2n) is 4.67. The highest BCUT2D eigenvalue weighted by atomic mass is 15.2. The molecule has 0 aliphatic heterocycles. The van der Waals surface area contributed by atoms with E-state index in [0.29, 0.717) is 0 Å². The van der Waals surface area contributed by atoms with Crippen LogP contribution in [0, 0.1) is 0 Å². The minimum Gasteiger partial charge on any atom is -0.357 e. The fourth-order valence-corrected chi connectivity index (χ4v) is 1.89. The van der Waals surface area contributed by atoms with Crippen molar-refractivity contribution in [2.45, 2.75) is 46.1 Å². The molecule has 0 bridgehead atoms. The smallest absolute Gasteiger partial charge is 0.191 e. The lowest BCUT2D eigenvalue weighted by Crippen LogP contribution is -2.38. The van der Waals surface area contributed by atoms with Gasteiger partial charge in [0.15, 0.2) is 5.96 Å². The summed E-state index contributed by atoms with van der Waals surface area (Å²) in [6.07, 6.45) is 9.21. The number of rotatable bonds is 9. The number of nitrogens with zero attached hydrogens (tertiary/aromatic N) is 2. The van der Waals surface area contributed by atoms with Gasteiger partial charge in [-0.1, -0.05) is 26.2 Å². The van der Waals surface area contributed by atoms with Gasteiger partial charge in [-0.3, -0.25) is 4.99 Å². The van der Waals surface area contributed by atoms with Crippen molar-refractivity contribution in [1.82, 2.24) is 15.2 Å². The average molecular weight is 264 g/mol. The Kier molecular flexibility index (Phi) is 8.60. The zero-order chi connectivity index (χ0) is 13.8. The molecule has 0 amide bonds. The number of unbranched alkanes of at least 4 members (excludes halogenated alkanes) is 3. The molecule has 0 saturated heterocycles. The SMILES string of the molecule is CCCCCCN=C(NCC)NCCn1cccc1. The van der Waals surface area contributed by atoms with Crippen molar-refractivity contribution in [3.05, 3.63) is 24.5 Å². The molecule has 4 nitrogen and oxygen atoms in total. The molecule has 1 rings (SSSR count). The number of aliphatic imine (C=N–C) groups is 1. The minimum atomic E-state index is 0.898. The highest BCUT2D eigenvalue weighted by Gasteiger charge is 1.96. The quantitative estimate of drug-likeness (QED) is 0.409. The molecule has 0 aliphatic carbocycles. The van der Waals surface area contributed by atoms with E-state index >= 15 is 0 Å². The zero-order valence-electron chi connectivity index (χ0n) is 12.4. The summed E-state index contributed by atoms with van der Waals surface area (Å²) in [5, 5.41) is 6.65. The third kappa shape index (κ3) is 7.54. The summed E-state index contributed by atoms with van der Waals surface area (Å²) >= 11 is 0. The van der Waals surface area contributed by atoms with Crippen molar-refractivity contribution in [2.75, 3.05) is 19.6 Å². The van der Waals surface area contributed by atoms with Crippen LogP contribution in [-0.4, -0.2) is 30.2 Å². The molecule has 0 unspecified atom stereocenters. The molecule has 19 heavy (non-hydrogen) atoms. The van der Waals surface area contributed by atoms with Crippen molar-refractivity contribution >= 4 is 5.96 Å². The van der Waals surface area contributed by atoms with E-state index in [9.17, 15) is 0 Å². The molecule has 0 radical (unpaired) electrons. The molecule has 0 fully saturated rings. The minimum absolute atomic E-state index is 0.898. The van der Waals surface area contributed by atoms with Gasteiger partial charge in [-0.2, -0.15) is 0 Å². The molecule has 0 saturated carbocycles. The summed E-state index contributed by atoms with van der Waals surface area (Å²) in [6.45, 7) is 8.02. The van der Waals surface area contributed by atoms with Crippen LogP contribution in [0.2, 0.25) is 0 Å². The first-order chi connectivity index (χ1) is 9.36. The molecular formula is C15H28N4. The highest BCUT2D eigenvalue weighted by Crippen LogP contribution is 1.98. The second kappa shape index (κ2) is 10.5. The van der Waals surface area contributed by atoms with E-state index < -0.39 is 0 Å². The van der Waals surface area contributed by atoms with Crippen molar-refractivity contribution in [2.24, 2.45) is 4.99 Å². The van der Waals surface area contributed by atoms with Gasteiger partial charge in [0.2, 0.25) is 0 Å². The van der Waals surface area contributed by atoms with E-state index in [0.717, 1.165) is 32.1 Å². The second-order valence-corrected chi connectivity index (χ2v) is 4.67. The normalized spacial score (nSPS) is 11.6. The van der Waals surface area contributed by atoms with Crippen LogP contribution in [0.5, 0.6) is 0 Å². The molecule has 0 aliphatic rings. The third-order valence-electron chi connectivity index (χ3n) is 2.95. The van der Waals surface area contributed by atoms with Gasteiger partial charge >= 0.3 is 0 Å². The van der Waals surface area contributed by atoms with Gasteiger partial charge in [0.25, 0.3) is 0 Å². The standard InChI is InChI=1S/C15H28N4/c1-3-5-6-7-10-17-15(16-4-2)18-11-14-19-12-8-9-13-19/h8-9,12-13H,3-7,10-11,14H2,1-2H3,(H2,16,17,18). The predicted octanol–water partition coefficient (Wildman–Crippen LogP) is 2.62. The van der Waals surface area contributed by atoms with Gasteiger partial charge in [-0.15, -0.1) is 0 Å². The Morgan fingerprint density at radius 1 is 1.05 bits per heavy atom. The largest absolute Gasteiger partial charge is 0.357 e. The van der Waals surface area contributed by atoms with Crippen LogP contribution in [0.4, 0.5) is 0 Å². The first-order valence-corrected chi connectivity index (χ1v) is 7.49. The summed E-state index contributed by atoms with van der Waals surface area (Å²) < 4.78 is 2.16. The van der Waals surface area contributed by atoms with Crippen LogP contribution in [0.25, 0.3) is 0 Å². The predicted molar refractivity (Wildman–Crippen MR) is 82.6 cm³/mol. The van der Waals surface area contributed by atoms with Crippen LogP contribution in [0.3, 0.4) is 0 Å². The number of aromatic nitrogens is 1. The fraction of sp³-hybridized carbons (Fsp3) is 0.667. The molecule has 2 N–H and O–H groups in total. The van der Waals surface area contributed by atoms with E-state index in [2.05, 4.69) is 46.4 Å². The molecule has 0 atom stereocenters. The van der Waals surface area contributed by atoms with Gasteiger partial charge in [0, 0.05) is 38.6 Å². The monoisotopic (exact) mass is 264 g/mol. The van der Waals surface area contributed by atoms with Crippen molar-refractivity contribution < 1.29 is 0 Å². The molecular weight excluding hydrogens is 236 g/mol. The molecule has 0 spiro atoms. The molecule has 108 valence electrons. The Labute approximate surface area is 117 Å². The average Bonchev–Trinajstić information content (AvgIpc) is 2.91. The number of hydrogen-bond acceptors (Lipinski definition) is 1. The van der Waals surface area contributed by atoms with Gasteiger partial charge < -0.3 is 15.2 Å². The van der Waals surface area contributed by atoms with Gasteiger partial charge in [-0.05, 0) is 25.5 Å². The van der Waals surface area contributed by atoms with E-state index in [1.54, 1.807) is 0 Å². The van der Waals surface area contributed by atoms with E-state index in [1.807, 2.05) is 12.1 Å². The lowest BCUT2D eigenvalue weighted by atomic mass is 10.2. The number of nitrogens with one attached hydrogen (secondary N) is 2. The van der Waals surface area contributed by atoms with Crippen LogP contribution in [0.1, 0.15) is 39.5 Å². The topological polar surface area (TPSA) is 41.4 Å². The Balaban J connectivity index is 2.20. The maximum atomic E-state index is 4.59. The van der Waals surface area contributed by atoms with Gasteiger partial charge in [-0.25, -0.2) is 0 Å². The summed E-state index contributed by atoms with van der Waals surface area (Å²) in [5.74, 6) is 0.936. The fourth-order valence-electron chi connectivity index (χ4n) is 1.89. The van der Waals surface area contributed by atoms with Gasteiger partial charge in [0.1, 0.15) is 0 Å². The van der Waals surface area contributed by atoms with Crippen molar-refractivity contribution in [1.29, 1.82) is 0 Å². The van der Waals surface area contributed by atoms with E-state index in [-0.39, 0.29) is 0 Å². The summed E-state index contributed by atoms with van der Waals surface area (Å²) in [4.78, 5) is 4.59. The van der Waals surface area contributed by atoms with Crippen molar-refractivity contribution in [3.8, 4) is 0 Å². The lowest BCUT2D eigenvalue weighted by Gasteiger charge is -2.11. The first kappa shape index (κ1) is 15.6. The Morgan fingerprint density at radius 3 is 2.53 bits per heavy atom. The maximum Gasteiger partial charge on any atom is 0.191 e. The van der Waals surface area contributed by atoms with Crippen LogP contribution < -0.4 is 10.6 Å².